The van der Waals surface area contributed by atoms with E-state index in [2.05, 4.69) is 11.8 Å². The van der Waals surface area contributed by atoms with Gasteiger partial charge in [-0.3, -0.25) is 0 Å². The fourth-order valence-corrected chi connectivity index (χ4v) is 3.91. The summed E-state index contributed by atoms with van der Waals surface area (Å²) in [7, 11) is -1.55. The Hall–Kier alpha value is -0.870. The van der Waals surface area contributed by atoms with Crippen LogP contribution in [-0.4, -0.2) is 32.1 Å². The molecule has 20 heavy (non-hydrogen) atoms. The van der Waals surface area contributed by atoms with E-state index in [-0.39, 0.29) is 5.75 Å². The maximum atomic E-state index is 12.1. The summed E-state index contributed by atoms with van der Waals surface area (Å²) in [6.07, 6.45) is 0.685. The van der Waals surface area contributed by atoms with E-state index in [1.807, 2.05) is 25.3 Å². The molecule has 112 valence electrons. The van der Waals surface area contributed by atoms with Gasteiger partial charge in [0.2, 0.25) is 10.0 Å². The normalized spacial score (nSPS) is 11.7. The fraction of sp³-hybridized carbons (Fsp3) is 0.571. The Kier molecular flexibility index (Phi) is 6.69. The molecule has 0 radical (unpaired) electrons. The van der Waals surface area contributed by atoms with Crippen molar-refractivity contribution in [1.29, 1.82) is 0 Å². The van der Waals surface area contributed by atoms with Crippen LogP contribution < -0.4 is 5.73 Å². The molecule has 0 saturated carbocycles. The molecule has 1 rings (SSSR count). The molecular formula is C14H22N2O2S2. The predicted molar refractivity (Wildman–Crippen MR) is 85.0 cm³/mol. The van der Waals surface area contributed by atoms with Gasteiger partial charge in [0.05, 0.1) is 12.3 Å². The van der Waals surface area contributed by atoms with Crippen molar-refractivity contribution in [1.82, 2.24) is 4.31 Å². The van der Waals surface area contributed by atoms with Crippen molar-refractivity contribution in [2.24, 2.45) is 11.7 Å². The average molecular weight is 314 g/mol. The molecule has 0 aliphatic rings. The summed E-state index contributed by atoms with van der Waals surface area (Å²) in [5.41, 5.74) is 6.21. The molecule has 1 heterocycles. The van der Waals surface area contributed by atoms with Crippen molar-refractivity contribution in [3.8, 4) is 11.8 Å². The van der Waals surface area contributed by atoms with Crippen molar-refractivity contribution < 1.29 is 8.42 Å². The lowest BCUT2D eigenvalue weighted by Crippen LogP contribution is -2.29. The standard InChI is InChI=1S/C14H22N2O2S2/c1-12(2)6-8-20(17,18)16(3)10-14-9-13(11-19-14)5-4-7-15/h9,11-12H,6-8,10,15H2,1-3H3. The highest BCUT2D eigenvalue weighted by Crippen LogP contribution is 2.18. The lowest BCUT2D eigenvalue weighted by molar-refractivity contribution is 0.463. The molecule has 1 aromatic heterocycles. The van der Waals surface area contributed by atoms with E-state index in [0.717, 1.165) is 10.4 Å². The lowest BCUT2D eigenvalue weighted by Gasteiger charge is -2.16. The Morgan fingerprint density at radius 1 is 1.45 bits per heavy atom. The molecule has 0 saturated heterocycles. The zero-order valence-corrected chi connectivity index (χ0v) is 13.9. The van der Waals surface area contributed by atoms with Gasteiger partial charge in [-0.15, -0.1) is 11.3 Å². The zero-order chi connectivity index (χ0) is 15.2. The number of hydrogen-bond donors (Lipinski definition) is 1. The van der Waals surface area contributed by atoms with Gasteiger partial charge in [0.15, 0.2) is 0 Å². The molecule has 0 aliphatic carbocycles. The van der Waals surface area contributed by atoms with Gasteiger partial charge in [0.25, 0.3) is 0 Å². The minimum atomic E-state index is -3.18. The summed E-state index contributed by atoms with van der Waals surface area (Å²) in [5.74, 6) is 6.32. The highest BCUT2D eigenvalue weighted by Gasteiger charge is 2.18. The van der Waals surface area contributed by atoms with Gasteiger partial charge in [0.1, 0.15) is 0 Å². The molecule has 0 spiro atoms. The molecule has 1 aromatic rings. The maximum Gasteiger partial charge on any atom is 0.214 e. The summed E-state index contributed by atoms with van der Waals surface area (Å²) in [5, 5.41) is 1.92. The summed E-state index contributed by atoms with van der Waals surface area (Å²) < 4.78 is 25.6. The average Bonchev–Trinajstić information content (AvgIpc) is 2.81. The van der Waals surface area contributed by atoms with Gasteiger partial charge in [-0.25, -0.2) is 8.42 Å². The first-order valence-corrected chi connectivity index (χ1v) is 9.04. The monoisotopic (exact) mass is 314 g/mol. The van der Waals surface area contributed by atoms with Crippen LogP contribution in [0.5, 0.6) is 0 Å². The second-order valence-corrected chi connectivity index (χ2v) is 8.25. The third-order valence-electron chi connectivity index (χ3n) is 2.80. The van der Waals surface area contributed by atoms with E-state index in [4.69, 9.17) is 5.73 Å². The quantitative estimate of drug-likeness (QED) is 0.815. The lowest BCUT2D eigenvalue weighted by atomic mass is 10.2. The summed E-state index contributed by atoms with van der Waals surface area (Å²) in [6, 6.07) is 1.92. The van der Waals surface area contributed by atoms with Crippen LogP contribution in [0.2, 0.25) is 0 Å². The van der Waals surface area contributed by atoms with E-state index in [0.29, 0.717) is 25.4 Å². The van der Waals surface area contributed by atoms with Crippen molar-refractivity contribution in [2.75, 3.05) is 19.3 Å². The number of rotatable bonds is 6. The molecule has 6 heteroatoms. The molecule has 0 fully saturated rings. The van der Waals surface area contributed by atoms with Gasteiger partial charge in [-0.2, -0.15) is 4.31 Å². The van der Waals surface area contributed by atoms with Crippen LogP contribution in [-0.2, 0) is 16.6 Å². The van der Waals surface area contributed by atoms with E-state index < -0.39 is 10.0 Å². The first kappa shape index (κ1) is 17.2. The fourth-order valence-electron chi connectivity index (χ4n) is 1.54. The molecule has 0 aromatic carbocycles. The molecule has 2 N–H and O–H groups in total. The number of nitrogens with zero attached hydrogens (tertiary/aromatic N) is 1. The van der Waals surface area contributed by atoms with E-state index in [9.17, 15) is 8.42 Å². The van der Waals surface area contributed by atoms with Gasteiger partial charge in [-0.1, -0.05) is 25.7 Å². The summed E-state index contributed by atoms with van der Waals surface area (Å²) >= 11 is 1.52. The van der Waals surface area contributed by atoms with Crippen LogP contribution in [0.15, 0.2) is 11.4 Å². The van der Waals surface area contributed by atoms with E-state index in [1.165, 1.54) is 15.6 Å². The summed E-state index contributed by atoms with van der Waals surface area (Å²) in [4.78, 5) is 0.988. The van der Waals surface area contributed by atoms with Gasteiger partial charge < -0.3 is 5.73 Å². The Balaban J connectivity index is 2.65. The number of hydrogen-bond acceptors (Lipinski definition) is 4. The Morgan fingerprint density at radius 2 is 2.15 bits per heavy atom. The minimum absolute atomic E-state index is 0.201. The molecule has 0 atom stereocenters. The Morgan fingerprint density at radius 3 is 2.75 bits per heavy atom. The van der Waals surface area contributed by atoms with E-state index in [1.54, 1.807) is 7.05 Å². The first-order chi connectivity index (χ1) is 9.35. The molecule has 0 aliphatic heterocycles. The third kappa shape index (κ3) is 5.63. The molecule has 0 amide bonds. The van der Waals surface area contributed by atoms with Crippen LogP contribution in [0.3, 0.4) is 0 Å². The van der Waals surface area contributed by atoms with Crippen molar-refractivity contribution in [3.63, 3.8) is 0 Å². The number of nitrogens with two attached hydrogens (primary N) is 1. The molecule has 0 bridgehead atoms. The largest absolute Gasteiger partial charge is 0.320 e. The second-order valence-electron chi connectivity index (χ2n) is 5.06. The van der Waals surface area contributed by atoms with Crippen molar-refractivity contribution in [3.05, 3.63) is 21.9 Å². The predicted octanol–water partition coefficient (Wildman–Crippen LogP) is 1.87. The Bertz CT molecular complexity index is 580. The smallest absolute Gasteiger partial charge is 0.214 e. The van der Waals surface area contributed by atoms with Crippen LogP contribution in [0.25, 0.3) is 0 Å². The maximum absolute atomic E-state index is 12.1. The molecular weight excluding hydrogens is 292 g/mol. The van der Waals surface area contributed by atoms with Crippen LogP contribution in [0.4, 0.5) is 0 Å². The highest BCUT2D eigenvalue weighted by atomic mass is 32.2. The van der Waals surface area contributed by atoms with Crippen LogP contribution in [0, 0.1) is 17.8 Å². The van der Waals surface area contributed by atoms with Crippen molar-refractivity contribution in [2.45, 2.75) is 26.8 Å². The topological polar surface area (TPSA) is 63.4 Å². The summed E-state index contributed by atoms with van der Waals surface area (Å²) in [6.45, 7) is 4.78. The van der Waals surface area contributed by atoms with Crippen molar-refractivity contribution >= 4 is 21.4 Å². The highest BCUT2D eigenvalue weighted by molar-refractivity contribution is 7.89. The first-order valence-electron chi connectivity index (χ1n) is 6.55. The number of thiophene rings is 1. The van der Waals surface area contributed by atoms with Crippen LogP contribution in [0.1, 0.15) is 30.7 Å². The van der Waals surface area contributed by atoms with Crippen LogP contribution >= 0.6 is 11.3 Å². The Labute approximate surface area is 126 Å². The number of sulfonamides is 1. The molecule has 0 unspecified atom stereocenters. The van der Waals surface area contributed by atoms with Gasteiger partial charge in [-0.05, 0) is 18.4 Å². The zero-order valence-electron chi connectivity index (χ0n) is 12.2. The minimum Gasteiger partial charge on any atom is -0.320 e. The van der Waals surface area contributed by atoms with E-state index >= 15 is 0 Å². The van der Waals surface area contributed by atoms with Gasteiger partial charge in [0, 0.05) is 29.4 Å². The third-order valence-corrected chi connectivity index (χ3v) is 5.55. The molecule has 4 nitrogen and oxygen atoms in total. The second kappa shape index (κ2) is 7.79. The SMILES string of the molecule is CC(C)CCS(=O)(=O)N(C)Cc1cc(C#CCN)cs1. The van der Waals surface area contributed by atoms with Gasteiger partial charge >= 0.3 is 0 Å².